The number of hydrogen-bond acceptors (Lipinski definition) is 8. The van der Waals surface area contributed by atoms with Crippen LogP contribution < -0.4 is 5.32 Å². The first-order valence-corrected chi connectivity index (χ1v) is 11.6. The van der Waals surface area contributed by atoms with Crippen LogP contribution in [0.3, 0.4) is 0 Å². The Kier molecular flexibility index (Phi) is 5.69. The van der Waals surface area contributed by atoms with Crippen molar-refractivity contribution < 1.29 is 22.4 Å². The van der Waals surface area contributed by atoms with Crippen molar-refractivity contribution in [2.24, 2.45) is 0 Å². The number of thiophene rings is 1. The fourth-order valence-corrected chi connectivity index (χ4v) is 5.42. The first kappa shape index (κ1) is 20.7. The van der Waals surface area contributed by atoms with Crippen LogP contribution in [0.1, 0.15) is 24.2 Å². The van der Waals surface area contributed by atoms with Gasteiger partial charge in [-0.3, -0.25) is 10.1 Å². The lowest BCUT2D eigenvalue weighted by Crippen LogP contribution is -2.48. The van der Waals surface area contributed by atoms with Gasteiger partial charge in [0.05, 0.1) is 17.1 Å². The normalized spacial score (nSPS) is 20.2. The minimum atomic E-state index is -3.67. The van der Waals surface area contributed by atoms with Crippen molar-refractivity contribution in [3.05, 3.63) is 46.7 Å². The second-order valence-corrected chi connectivity index (χ2v) is 9.70. The van der Waals surface area contributed by atoms with Crippen LogP contribution in [0.25, 0.3) is 11.5 Å². The third-order valence-electron chi connectivity index (χ3n) is 4.55. The van der Waals surface area contributed by atoms with Gasteiger partial charge in [-0.1, -0.05) is 5.10 Å². The number of morpholine rings is 1. The number of carbonyl (C=O) groups is 1. The molecule has 3 heterocycles. The van der Waals surface area contributed by atoms with Gasteiger partial charge in [0.2, 0.25) is 10.0 Å². The predicted octanol–water partition coefficient (Wildman–Crippen LogP) is 2.85. The topological polar surface area (TPSA) is 115 Å². The number of aromatic nitrogens is 2. The molecule has 1 amide bonds. The van der Waals surface area contributed by atoms with E-state index in [2.05, 4.69) is 15.5 Å². The number of nitrogens with zero attached hydrogens (tertiary/aromatic N) is 3. The van der Waals surface area contributed by atoms with Gasteiger partial charge in [0.15, 0.2) is 0 Å². The van der Waals surface area contributed by atoms with E-state index in [9.17, 15) is 13.2 Å². The minimum absolute atomic E-state index is 0.0332. The summed E-state index contributed by atoms with van der Waals surface area (Å²) in [6.45, 7) is 4.26. The monoisotopic (exact) mass is 448 g/mol. The molecular formula is C19H20N4O5S2. The summed E-state index contributed by atoms with van der Waals surface area (Å²) in [5.41, 5.74) is 1.04. The van der Waals surface area contributed by atoms with E-state index in [1.54, 1.807) is 0 Å². The average Bonchev–Trinajstić information content (AvgIpc) is 3.39. The molecule has 1 N–H and O–H groups in total. The van der Waals surface area contributed by atoms with Crippen molar-refractivity contribution in [1.29, 1.82) is 0 Å². The van der Waals surface area contributed by atoms with Crippen LogP contribution in [0.2, 0.25) is 0 Å². The highest BCUT2D eigenvalue weighted by Crippen LogP contribution is 2.23. The van der Waals surface area contributed by atoms with Crippen LogP contribution in [-0.4, -0.2) is 54.1 Å². The first-order chi connectivity index (χ1) is 14.3. The Bertz CT molecular complexity index is 1120. The molecule has 0 radical (unpaired) electrons. The highest BCUT2D eigenvalue weighted by molar-refractivity contribution is 7.89. The number of rotatable bonds is 5. The Morgan fingerprint density at radius 3 is 2.47 bits per heavy atom. The highest BCUT2D eigenvalue weighted by atomic mass is 32.2. The van der Waals surface area contributed by atoms with Gasteiger partial charge in [0.1, 0.15) is 0 Å². The Labute approximate surface area is 177 Å². The van der Waals surface area contributed by atoms with E-state index in [1.807, 2.05) is 30.7 Å². The number of hydrogen-bond donors (Lipinski definition) is 1. The van der Waals surface area contributed by atoms with Crippen LogP contribution >= 0.6 is 11.3 Å². The maximum atomic E-state index is 12.9. The molecule has 2 atom stereocenters. The summed E-state index contributed by atoms with van der Waals surface area (Å²) in [5, 5.41) is 14.0. The molecule has 0 spiro atoms. The molecule has 3 aromatic rings. The molecule has 2 unspecified atom stereocenters. The molecule has 0 aliphatic carbocycles. The van der Waals surface area contributed by atoms with Gasteiger partial charge in [-0.05, 0) is 49.6 Å². The molecule has 30 heavy (non-hydrogen) atoms. The first-order valence-electron chi connectivity index (χ1n) is 9.26. The van der Waals surface area contributed by atoms with Gasteiger partial charge in [-0.2, -0.15) is 15.6 Å². The largest absolute Gasteiger partial charge is 0.403 e. The number of amides is 1. The van der Waals surface area contributed by atoms with E-state index in [-0.39, 0.29) is 28.7 Å². The maximum Gasteiger partial charge on any atom is 0.322 e. The van der Waals surface area contributed by atoms with Crippen LogP contribution in [0.5, 0.6) is 0 Å². The number of benzene rings is 1. The van der Waals surface area contributed by atoms with Crippen molar-refractivity contribution >= 4 is 33.3 Å². The van der Waals surface area contributed by atoms with Gasteiger partial charge in [0, 0.05) is 29.6 Å². The van der Waals surface area contributed by atoms with Crippen LogP contribution in [-0.2, 0) is 14.8 Å². The van der Waals surface area contributed by atoms with Crippen molar-refractivity contribution in [1.82, 2.24) is 14.5 Å². The molecule has 11 heteroatoms. The lowest BCUT2D eigenvalue weighted by Gasteiger charge is -2.34. The minimum Gasteiger partial charge on any atom is -0.403 e. The predicted molar refractivity (Wildman–Crippen MR) is 111 cm³/mol. The van der Waals surface area contributed by atoms with Gasteiger partial charge in [0.25, 0.3) is 11.8 Å². The number of anilines is 1. The zero-order chi connectivity index (χ0) is 21.3. The molecule has 1 saturated heterocycles. The molecule has 1 aliphatic rings. The van der Waals surface area contributed by atoms with Gasteiger partial charge in [-0.15, -0.1) is 5.10 Å². The van der Waals surface area contributed by atoms with Crippen molar-refractivity contribution in [2.45, 2.75) is 31.0 Å². The molecule has 4 rings (SSSR count). The highest BCUT2D eigenvalue weighted by Gasteiger charge is 2.32. The molecule has 158 valence electrons. The lowest BCUT2D eigenvalue weighted by molar-refractivity contribution is -0.0440. The fraction of sp³-hybridized carbons (Fsp3) is 0.316. The third kappa shape index (κ3) is 4.29. The van der Waals surface area contributed by atoms with Crippen LogP contribution in [0.15, 0.2) is 50.4 Å². The number of nitrogens with one attached hydrogen (secondary N) is 1. The SMILES string of the molecule is CC1CN(S(=O)(=O)c2ccc(C(=O)Nc3nnc(-c4ccsc4)o3)cc2)CC(C)O1. The number of ether oxygens (including phenoxy) is 1. The molecule has 0 bridgehead atoms. The fourth-order valence-electron chi connectivity index (χ4n) is 3.20. The van der Waals surface area contributed by atoms with Gasteiger partial charge >= 0.3 is 6.01 Å². The second-order valence-electron chi connectivity index (χ2n) is 6.98. The van der Waals surface area contributed by atoms with Crippen LogP contribution in [0, 0.1) is 0 Å². The molecule has 1 fully saturated rings. The van der Waals surface area contributed by atoms with Crippen molar-refractivity contribution in [3.8, 4) is 11.5 Å². The zero-order valence-electron chi connectivity index (χ0n) is 16.3. The summed E-state index contributed by atoms with van der Waals surface area (Å²) in [7, 11) is -3.67. The summed E-state index contributed by atoms with van der Waals surface area (Å²) in [6, 6.07) is 7.53. The zero-order valence-corrected chi connectivity index (χ0v) is 17.9. The van der Waals surface area contributed by atoms with Crippen molar-refractivity contribution in [3.63, 3.8) is 0 Å². The van der Waals surface area contributed by atoms with E-state index in [4.69, 9.17) is 9.15 Å². The summed E-state index contributed by atoms with van der Waals surface area (Å²) in [4.78, 5) is 12.6. The molecule has 1 aromatic carbocycles. The molecular weight excluding hydrogens is 428 g/mol. The molecule has 0 saturated carbocycles. The average molecular weight is 449 g/mol. The third-order valence-corrected chi connectivity index (χ3v) is 7.08. The molecule has 1 aliphatic heterocycles. The summed E-state index contributed by atoms with van der Waals surface area (Å²) in [6.07, 6.45) is -0.357. The number of carbonyl (C=O) groups excluding carboxylic acids is 1. The Morgan fingerprint density at radius 1 is 1.13 bits per heavy atom. The van der Waals surface area contributed by atoms with Gasteiger partial charge < -0.3 is 9.15 Å². The number of sulfonamides is 1. The molecule has 9 nitrogen and oxygen atoms in total. The summed E-state index contributed by atoms with van der Waals surface area (Å²) in [5.74, 6) is -0.171. The van der Waals surface area contributed by atoms with E-state index in [0.717, 1.165) is 5.56 Å². The second kappa shape index (κ2) is 8.26. The summed E-state index contributed by atoms with van der Waals surface area (Å²) >= 11 is 1.49. The quantitative estimate of drug-likeness (QED) is 0.638. The molecule has 2 aromatic heterocycles. The standard InChI is InChI=1S/C19H20N4O5S2/c1-12-9-23(10-13(2)27-12)30(25,26)16-5-3-14(4-6-16)17(24)20-19-22-21-18(28-19)15-7-8-29-11-15/h3-8,11-13H,9-10H2,1-2H3,(H,20,22,24). The van der Waals surface area contributed by atoms with E-state index < -0.39 is 15.9 Å². The van der Waals surface area contributed by atoms with Gasteiger partial charge in [-0.25, -0.2) is 8.42 Å². The Balaban J connectivity index is 1.46. The Morgan fingerprint density at radius 2 is 1.83 bits per heavy atom. The van der Waals surface area contributed by atoms with E-state index in [1.165, 1.54) is 39.9 Å². The smallest absolute Gasteiger partial charge is 0.322 e. The summed E-state index contributed by atoms with van der Waals surface area (Å²) < 4.78 is 38.3. The van der Waals surface area contributed by atoms with E-state index >= 15 is 0 Å². The van der Waals surface area contributed by atoms with Crippen LogP contribution in [0.4, 0.5) is 6.01 Å². The lowest BCUT2D eigenvalue weighted by atomic mass is 10.2. The van der Waals surface area contributed by atoms with E-state index in [0.29, 0.717) is 19.0 Å². The van der Waals surface area contributed by atoms with Crippen molar-refractivity contribution in [2.75, 3.05) is 18.4 Å². The maximum absolute atomic E-state index is 12.9. The Hall–Kier alpha value is -2.60.